The third kappa shape index (κ3) is 5.06. The smallest absolute Gasteiger partial charge is 0.387 e. The summed E-state index contributed by atoms with van der Waals surface area (Å²) in [5, 5.41) is 24.3. The molecule has 1 aliphatic heterocycles. The van der Waals surface area contributed by atoms with Crippen molar-refractivity contribution >= 4 is 36.6 Å². The molecule has 3 heterocycles. The van der Waals surface area contributed by atoms with Crippen molar-refractivity contribution in [2.24, 2.45) is 0 Å². The van der Waals surface area contributed by atoms with E-state index in [2.05, 4.69) is 24.8 Å². The number of phosphoric acid groups is 1. The van der Waals surface area contributed by atoms with Crippen LogP contribution in [-0.2, 0) is 13.8 Å². The van der Waals surface area contributed by atoms with Crippen LogP contribution >= 0.6 is 19.6 Å². The van der Waals surface area contributed by atoms with Crippen LogP contribution in [0.5, 0.6) is 0 Å². The third-order valence-corrected chi connectivity index (χ3v) is 5.74. The molecule has 29 heavy (non-hydrogen) atoms. The van der Waals surface area contributed by atoms with Gasteiger partial charge in [-0.15, -0.1) is 0 Å². The van der Waals surface area contributed by atoms with Gasteiger partial charge in [0.05, 0.1) is 12.9 Å². The minimum absolute atomic E-state index is 0.405. The van der Waals surface area contributed by atoms with Crippen molar-refractivity contribution in [1.29, 1.82) is 0 Å². The van der Waals surface area contributed by atoms with Crippen LogP contribution < -0.4 is 5.32 Å². The molecular weight excluding hydrogens is 425 g/mol. The van der Waals surface area contributed by atoms with Gasteiger partial charge in [-0.3, -0.25) is 9.09 Å². The summed E-state index contributed by atoms with van der Waals surface area (Å²) in [5.74, 6) is 1.37. The first-order valence-electron chi connectivity index (χ1n) is 9.08. The van der Waals surface area contributed by atoms with Gasteiger partial charge in [0.1, 0.15) is 18.3 Å². The van der Waals surface area contributed by atoms with Gasteiger partial charge in [0, 0.05) is 12.3 Å². The predicted octanol–water partition coefficient (Wildman–Crippen LogP) is 0.489. The predicted molar refractivity (Wildman–Crippen MR) is 104 cm³/mol. The molecule has 1 aliphatic rings. The molecule has 3 rings (SSSR count). The van der Waals surface area contributed by atoms with E-state index in [0.717, 1.165) is 12.2 Å². The summed E-state index contributed by atoms with van der Waals surface area (Å²) < 4.78 is 22.4. The fraction of sp³-hybridized carbons (Fsp3) is 0.667. The summed E-state index contributed by atoms with van der Waals surface area (Å²) in [7, 11) is -4.74. The summed E-state index contributed by atoms with van der Waals surface area (Å²) >= 11 is 1.48. The molecule has 4 atom stereocenters. The van der Waals surface area contributed by atoms with Crippen LogP contribution in [0.2, 0.25) is 0 Å². The SMILES string of the molecule is CCCSc1nc(NCC)c2ncn([C@@H]3O[C@H](COP(=O)(O)O)C(O)C3O)c2n1. The second kappa shape index (κ2) is 9.23. The summed E-state index contributed by atoms with van der Waals surface area (Å²) in [6, 6.07) is 0. The van der Waals surface area contributed by atoms with E-state index in [4.69, 9.17) is 14.5 Å². The molecule has 2 aromatic heterocycles. The van der Waals surface area contributed by atoms with E-state index in [0.29, 0.717) is 28.7 Å². The lowest BCUT2D eigenvalue weighted by atomic mass is 10.1. The van der Waals surface area contributed by atoms with E-state index in [-0.39, 0.29) is 0 Å². The van der Waals surface area contributed by atoms with Gasteiger partial charge in [-0.05, 0) is 13.3 Å². The number of hydrogen-bond acceptors (Lipinski definition) is 10. The maximum absolute atomic E-state index is 10.9. The van der Waals surface area contributed by atoms with Gasteiger partial charge in [-0.2, -0.15) is 0 Å². The highest BCUT2D eigenvalue weighted by Crippen LogP contribution is 2.39. The summed E-state index contributed by atoms with van der Waals surface area (Å²) in [4.78, 5) is 31.0. The molecule has 1 fully saturated rings. The van der Waals surface area contributed by atoms with Gasteiger partial charge >= 0.3 is 7.82 Å². The Bertz CT molecular complexity index is 893. The van der Waals surface area contributed by atoms with Crippen LogP contribution in [0.1, 0.15) is 26.5 Å². The Morgan fingerprint density at radius 3 is 2.72 bits per heavy atom. The number of hydrogen-bond donors (Lipinski definition) is 5. The Morgan fingerprint density at radius 1 is 1.31 bits per heavy atom. The van der Waals surface area contributed by atoms with Crippen molar-refractivity contribution in [2.45, 2.75) is 50.0 Å². The standard InChI is InChI=1S/C15H24N5O7PS/c1-3-5-29-15-18-12(16-4-2)9-13(19-15)20(7-17-9)14-11(22)10(21)8(27-14)6-26-28(23,24)25/h7-8,10-11,14,21-22H,3-6H2,1-2H3,(H,16,18,19)(H2,23,24,25)/t8-,10?,11?,14-/m1/s1. The van der Waals surface area contributed by atoms with Crippen molar-refractivity contribution in [2.75, 3.05) is 24.2 Å². The summed E-state index contributed by atoms with van der Waals surface area (Å²) in [5.41, 5.74) is 0.885. The topological polar surface area (TPSA) is 172 Å². The molecule has 0 saturated carbocycles. The lowest BCUT2D eigenvalue weighted by Gasteiger charge is -2.17. The average Bonchev–Trinajstić information content (AvgIpc) is 3.20. The molecule has 0 bridgehead atoms. The van der Waals surface area contributed by atoms with Gasteiger partial charge in [-0.1, -0.05) is 18.7 Å². The van der Waals surface area contributed by atoms with E-state index >= 15 is 0 Å². The summed E-state index contributed by atoms with van der Waals surface area (Å²) in [6.45, 7) is 4.02. The second-order valence-electron chi connectivity index (χ2n) is 6.39. The number of nitrogens with zero attached hydrogens (tertiary/aromatic N) is 4. The monoisotopic (exact) mass is 449 g/mol. The van der Waals surface area contributed by atoms with Crippen molar-refractivity contribution in [3.63, 3.8) is 0 Å². The first-order valence-corrected chi connectivity index (χ1v) is 11.6. The van der Waals surface area contributed by atoms with Gasteiger partial charge in [0.2, 0.25) is 0 Å². The van der Waals surface area contributed by atoms with Crippen molar-refractivity contribution in [3.05, 3.63) is 6.33 Å². The van der Waals surface area contributed by atoms with E-state index in [1.54, 1.807) is 0 Å². The molecule has 0 spiro atoms. The number of fused-ring (bicyclic) bond motifs is 1. The Morgan fingerprint density at radius 2 is 2.07 bits per heavy atom. The summed E-state index contributed by atoms with van der Waals surface area (Å²) in [6.07, 6.45) is -2.62. The molecule has 2 aromatic rings. The van der Waals surface area contributed by atoms with Crippen LogP contribution in [0.3, 0.4) is 0 Å². The molecule has 162 valence electrons. The van der Waals surface area contributed by atoms with Gasteiger partial charge in [0.25, 0.3) is 0 Å². The quantitative estimate of drug-likeness (QED) is 0.204. The maximum atomic E-state index is 10.9. The molecule has 0 radical (unpaired) electrons. The Kier molecular flexibility index (Phi) is 7.12. The number of anilines is 1. The first-order chi connectivity index (χ1) is 13.7. The highest BCUT2D eigenvalue weighted by Gasteiger charge is 2.45. The minimum Gasteiger partial charge on any atom is -0.387 e. The highest BCUT2D eigenvalue weighted by atomic mass is 32.2. The molecule has 1 saturated heterocycles. The fourth-order valence-corrected chi connectivity index (χ4v) is 3.93. The number of aliphatic hydroxyl groups is 2. The number of thioether (sulfide) groups is 1. The lowest BCUT2D eigenvalue weighted by Crippen LogP contribution is -2.33. The van der Waals surface area contributed by atoms with Gasteiger partial charge in [-0.25, -0.2) is 19.5 Å². The van der Waals surface area contributed by atoms with Gasteiger partial charge in [0.15, 0.2) is 28.4 Å². The van der Waals surface area contributed by atoms with E-state index in [9.17, 15) is 14.8 Å². The second-order valence-corrected chi connectivity index (χ2v) is 8.69. The lowest BCUT2D eigenvalue weighted by molar-refractivity contribution is -0.0504. The molecule has 0 aromatic carbocycles. The normalized spacial score (nSPS) is 25.0. The highest BCUT2D eigenvalue weighted by molar-refractivity contribution is 7.99. The van der Waals surface area contributed by atoms with Crippen LogP contribution in [0.25, 0.3) is 11.2 Å². The molecule has 5 N–H and O–H groups in total. The van der Waals surface area contributed by atoms with E-state index in [1.165, 1.54) is 22.7 Å². The third-order valence-electron chi connectivity index (χ3n) is 4.20. The Labute approximate surface area is 170 Å². The number of aromatic nitrogens is 4. The number of rotatable bonds is 9. The zero-order valence-electron chi connectivity index (χ0n) is 15.9. The number of imidazole rings is 1. The van der Waals surface area contributed by atoms with Gasteiger partial charge < -0.3 is 30.1 Å². The molecule has 0 aliphatic carbocycles. The molecule has 0 amide bonds. The van der Waals surface area contributed by atoms with Crippen LogP contribution in [-0.4, -0.2) is 76.7 Å². The Balaban J connectivity index is 1.92. The van der Waals surface area contributed by atoms with Crippen LogP contribution in [0.15, 0.2) is 11.5 Å². The molecular formula is C15H24N5O7PS. The Hall–Kier alpha value is -1.31. The van der Waals surface area contributed by atoms with Crippen molar-refractivity contribution in [3.8, 4) is 0 Å². The number of phosphoric ester groups is 1. The molecule has 2 unspecified atom stereocenters. The molecule has 12 nitrogen and oxygen atoms in total. The number of nitrogens with one attached hydrogen (secondary N) is 1. The largest absolute Gasteiger partial charge is 0.469 e. The first kappa shape index (κ1) is 22.4. The van der Waals surface area contributed by atoms with E-state index < -0.39 is 39.0 Å². The van der Waals surface area contributed by atoms with Crippen LogP contribution in [0.4, 0.5) is 5.82 Å². The molecule has 14 heteroatoms. The number of aliphatic hydroxyl groups excluding tert-OH is 2. The maximum Gasteiger partial charge on any atom is 0.469 e. The minimum atomic E-state index is -4.74. The average molecular weight is 449 g/mol. The van der Waals surface area contributed by atoms with E-state index in [1.807, 2.05) is 13.8 Å². The van der Waals surface area contributed by atoms with Crippen molar-refractivity contribution in [1.82, 2.24) is 19.5 Å². The van der Waals surface area contributed by atoms with Crippen molar-refractivity contribution < 1.29 is 33.8 Å². The zero-order valence-corrected chi connectivity index (χ0v) is 17.6. The fourth-order valence-electron chi connectivity index (χ4n) is 2.90. The number of ether oxygens (including phenoxy) is 1. The van der Waals surface area contributed by atoms with Crippen LogP contribution in [0, 0.1) is 0 Å². The zero-order chi connectivity index (χ0) is 21.2.